The Morgan fingerprint density at radius 1 is 1.20 bits per heavy atom. The molecule has 3 rings (SSSR count). The Morgan fingerprint density at radius 2 is 1.93 bits per heavy atom. The Balaban J connectivity index is 1.70. The normalized spacial score (nSPS) is 16.3. The van der Waals surface area contributed by atoms with Gasteiger partial charge in [-0.1, -0.05) is 26.0 Å². The first-order chi connectivity index (χ1) is 14.4. The predicted octanol–water partition coefficient (Wildman–Crippen LogP) is 3.12. The fourth-order valence-corrected chi connectivity index (χ4v) is 3.60. The van der Waals surface area contributed by atoms with Gasteiger partial charge in [-0.2, -0.15) is 0 Å². The van der Waals surface area contributed by atoms with Crippen LogP contribution >= 0.6 is 0 Å². The number of ether oxygens (including phenoxy) is 1. The van der Waals surface area contributed by atoms with Crippen molar-refractivity contribution in [1.29, 1.82) is 0 Å². The van der Waals surface area contributed by atoms with Gasteiger partial charge in [-0.05, 0) is 37.6 Å². The van der Waals surface area contributed by atoms with Gasteiger partial charge in [0.05, 0.1) is 13.7 Å². The van der Waals surface area contributed by atoms with Crippen molar-refractivity contribution >= 4 is 5.91 Å². The Labute approximate surface area is 179 Å². The summed E-state index contributed by atoms with van der Waals surface area (Å²) in [5.41, 5.74) is 1.57. The van der Waals surface area contributed by atoms with Gasteiger partial charge in [0.1, 0.15) is 12.0 Å². The van der Waals surface area contributed by atoms with Gasteiger partial charge in [0.25, 0.3) is 5.91 Å². The van der Waals surface area contributed by atoms with Crippen LogP contribution in [0.25, 0.3) is 0 Å². The standard InChI is InChI=1S/C23H34N4O3/c1-17(2)18(3)27(14-19-7-6-8-20(13-19)29-5)15-22-24-21(16-30-22)23(28)26-11-9-25(4)10-12-26/h6-8,13,16-18H,9-12,14-15H2,1-5H3. The van der Waals surface area contributed by atoms with E-state index in [1.807, 2.05) is 17.0 Å². The van der Waals surface area contributed by atoms with E-state index in [1.54, 1.807) is 7.11 Å². The number of oxazole rings is 1. The van der Waals surface area contributed by atoms with Crippen molar-refractivity contribution in [2.24, 2.45) is 5.92 Å². The number of piperazine rings is 1. The summed E-state index contributed by atoms with van der Waals surface area (Å²) in [5, 5.41) is 0. The number of aromatic nitrogens is 1. The quantitative estimate of drug-likeness (QED) is 0.661. The SMILES string of the molecule is COc1cccc(CN(Cc2nc(C(=O)N3CCN(C)CC3)co2)C(C)C(C)C)c1. The molecule has 0 bridgehead atoms. The minimum absolute atomic E-state index is 0.0469. The van der Waals surface area contributed by atoms with Crippen LogP contribution in [0.2, 0.25) is 0 Å². The molecule has 1 aliphatic rings. The maximum absolute atomic E-state index is 12.8. The van der Waals surface area contributed by atoms with Gasteiger partial charge in [-0.25, -0.2) is 4.98 Å². The van der Waals surface area contributed by atoms with Crippen LogP contribution in [-0.4, -0.2) is 72.0 Å². The summed E-state index contributed by atoms with van der Waals surface area (Å²) in [6, 6.07) is 8.42. The molecule has 0 spiro atoms. The Morgan fingerprint density at radius 3 is 2.60 bits per heavy atom. The van der Waals surface area contributed by atoms with Crippen molar-refractivity contribution in [3.8, 4) is 5.75 Å². The minimum Gasteiger partial charge on any atom is -0.497 e. The molecule has 1 saturated heterocycles. The highest BCUT2D eigenvalue weighted by Gasteiger charge is 2.25. The first-order valence-electron chi connectivity index (χ1n) is 10.7. The van der Waals surface area contributed by atoms with Crippen LogP contribution in [0.3, 0.4) is 0 Å². The highest BCUT2D eigenvalue weighted by molar-refractivity contribution is 5.92. The summed E-state index contributed by atoms with van der Waals surface area (Å²) in [6.45, 7) is 11.2. The number of benzene rings is 1. The zero-order valence-electron chi connectivity index (χ0n) is 18.8. The fourth-order valence-electron chi connectivity index (χ4n) is 3.60. The smallest absolute Gasteiger partial charge is 0.275 e. The second-order valence-electron chi connectivity index (χ2n) is 8.46. The van der Waals surface area contributed by atoms with Crippen LogP contribution in [0.4, 0.5) is 0 Å². The zero-order valence-corrected chi connectivity index (χ0v) is 18.8. The lowest BCUT2D eigenvalue weighted by Crippen LogP contribution is -2.47. The third-order valence-corrected chi connectivity index (χ3v) is 5.96. The lowest BCUT2D eigenvalue weighted by Gasteiger charge is -2.31. The fraction of sp³-hybridized carbons (Fsp3) is 0.565. The molecule has 1 fully saturated rings. The van der Waals surface area contributed by atoms with Crippen molar-refractivity contribution in [3.05, 3.63) is 47.7 Å². The maximum atomic E-state index is 12.8. The Kier molecular flexibility index (Phi) is 7.50. The number of methoxy groups -OCH3 is 1. The molecule has 7 nitrogen and oxygen atoms in total. The first-order valence-corrected chi connectivity index (χ1v) is 10.7. The first kappa shape index (κ1) is 22.3. The van der Waals surface area contributed by atoms with Crippen molar-refractivity contribution in [2.45, 2.75) is 39.9 Å². The van der Waals surface area contributed by atoms with E-state index in [4.69, 9.17) is 9.15 Å². The van der Waals surface area contributed by atoms with Crippen LogP contribution in [0.15, 0.2) is 34.9 Å². The molecule has 1 aliphatic heterocycles. The lowest BCUT2D eigenvalue weighted by atomic mass is 10.0. The molecule has 1 aromatic heterocycles. The number of rotatable bonds is 8. The molecule has 1 unspecified atom stereocenters. The van der Waals surface area contributed by atoms with Gasteiger partial charge in [0.2, 0.25) is 5.89 Å². The summed E-state index contributed by atoms with van der Waals surface area (Å²) in [6.07, 6.45) is 1.50. The van der Waals surface area contributed by atoms with Crippen molar-refractivity contribution in [3.63, 3.8) is 0 Å². The van der Waals surface area contributed by atoms with E-state index in [-0.39, 0.29) is 5.91 Å². The average molecular weight is 415 g/mol. The molecule has 1 amide bonds. The van der Waals surface area contributed by atoms with Crippen molar-refractivity contribution < 1.29 is 13.9 Å². The van der Waals surface area contributed by atoms with Crippen LogP contribution < -0.4 is 4.74 Å². The second kappa shape index (κ2) is 10.1. The van der Waals surface area contributed by atoms with Gasteiger partial charge in [0.15, 0.2) is 5.69 Å². The predicted molar refractivity (Wildman–Crippen MR) is 116 cm³/mol. The number of amides is 1. The molecule has 2 aromatic rings. The molecule has 0 saturated carbocycles. The third-order valence-electron chi connectivity index (χ3n) is 5.96. The van der Waals surface area contributed by atoms with Gasteiger partial charge in [-0.3, -0.25) is 9.69 Å². The molecule has 0 aliphatic carbocycles. The molecule has 30 heavy (non-hydrogen) atoms. The Hall–Kier alpha value is -2.38. The molecule has 7 heteroatoms. The number of hydrogen-bond donors (Lipinski definition) is 0. The largest absolute Gasteiger partial charge is 0.497 e. The van der Waals surface area contributed by atoms with E-state index in [0.717, 1.165) is 38.5 Å². The van der Waals surface area contributed by atoms with Crippen LogP contribution in [0.1, 0.15) is 42.7 Å². The summed E-state index contributed by atoms with van der Waals surface area (Å²) in [7, 11) is 3.75. The number of carbonyl (C=O) groups excluding carboxylic acids is 1. The highest BCUT2D eigenvalue weighted by Crippen LogP contribution is 2.21. The second-order valence-corrected chi connectivity index (χ2v) is 8.46. The molecular formula is C23H34N4O3. The van der Waals surface area contributed by atoms with E-state index in [9.17, 15) is 4.79 Å². The average Bonchev–Trinajstić information content (AvgIpc) is 3.21. The van der Waals surface area contributed by atoms with Gasteiger partial charge >= 0.3 is 0 Å². The van der Waals surface area contributed by atoms with E-state index in [0.29, 0.717) is 30.1 Å². The number of hydrogen-bond acceptors (Lipinski definition) is 6. The van der Waals surface area contributed by atoms with E-state index in [1.165, 1.54) is 11.8 Å². The lowest BCUT2D eigenvalue weighted by molar-refractivity contribution is 0.0658. The van der Waals surface area contributed by atoms with Crippen LogP contribution in [0, 0.1) is 5.92 Å². The van der Waals surface area contributed by atoms with Gasteiger partial charge in [-0.15, -0.1) is 0 Å². The third kappa shape index (κ3) is 5.61. The molecular weight excluding hydrogens is 380 g/mol. The molecule has 1 atom stereocenters. The molecule has 164 valence electrons. The summed E-state index contributed by atoms with van der Waals surface area (Å²) >= 11 is 0. The van der Waals surface area contributed by atoms with Crippen molar-refractivity contribution in [2.75, 3.05) is 40.3 Å². The van der Waals surface area contributed by atoms with Gasteiger partial charge < -0.3 is 19.0 Å². The van der Waals surface area contributed by atoms with Crippen LogP contribution in [-0.2, 0) is 13.1 Å². The molecule has 0 N–H and O–H groups in total. The molecule has 2 heterocycles. The summed E-state index contributed by atoms with van der Waals surface area (Å²) < 4.78 is 11.1. The molecule has 1 aromatic carbocycles. The van der Waals surface area contributed by atoms with E-state index >= 15 is 0 Å². The topological polar surface area (TPSA) is 62.1 Å². The van der Waals surface area contributed by atoms with E-state index in [2.05, 4.69) is 54.7 Å². The van der Waals surface area contributed by atoms with Crippen LogP contribution in [0.5, 0.6) is 5.75 Å². The summed E-state index contributed by atoms with van der Waals surface area (Å²) in [5.74, 6) is 1.84. The molecule has 0 radical (unpaired) electrons. The maximum Gasteiger partial charge on any atom is 0.275 e. The van der Waals surface area contributed by atoms with Gasteiger partial charge in [0, 0.05) is 38.8 Å². The van der Waals surface area contributed by atoms with Crippen molar-refractivity contribution in [1.82, 2.24) is 19.7 Å². The Bertz CT molecular complexity index is 827. The summed E-state index contributed by atoms with van der Waals surface area (Å²) in [4.78, 5) is 23.7. The minimum atomic E-state index is -0.0469. The number of nitrogens with zero attached hydrogens (tertiary/aromatic N) is 4. The number of carbonyl (C=O) groups is 1. The highest BCUT2D eigenvalue weighted by atomic mass is 16.5. The van der Waals surface area contributed by atoms with E-state index < -0.39 is 0 Å². The zero-order chi connectivity index (χ0) is 21.7. The number of likely N-dealkylation sites (N-methyl/N-ethyl adjacent to an activating group) is 1. The monoisotopic (exact) mass is 414 g/mol.